The molecule has 0 spiro atoms. The molecule has 7 heteroatoms. The molecule has 0 unspecified atom stereocenters. The third-order valence-electron chi connectivity index (χ3n) is 3.42. The van der Waals surface area contributed by atoms with Gasteiger partial charge < -0.3 is 14.8 Å². The molecule has 5 nitrogen and oxygen atoms in total. The number of amides is 1. The zero-order chi connectivity index (χ0) is 18.1. The molecule has 0 fully saturated rings. The molecule has 0 saturated carbocycles. The maximum absolute atomic E-state index is 12.4. The Hall–Kier alpha value is -1.86. The molecule has 0 radical (unpaired) electrons. The lowest BCUT2D eigenvalue weighted by molar-refractivity contribution is 0.0694. The summed E-state index contributed by atoms with van der Waals surface area (Å²) in [6, 6.07) is 8.75. The third kappa shape index (κ3) is 5.86. The summed E-state index contributed by atoms with van der Waals surface area (Å²) in [5.74, 6) is 1.74. The lowest BCUT2D eigenvalue weighted by Crippen LogP contribution is -2.25. The number of carboxylic acids is 1. The Morgan fingerprint density at radius 1 is 1.20 bits per heavy atom. The Morgan fingerprint density at radius 3 is 2.76 bits per heavy atom. The fourth-order valence-corrected chi connectivity index (χ4v) is 3.82. The van der Waals surface area contributed by atoms with E-state index in [0.717, 1.165) is 22.8 Å². The number of aromatic carboxylic acids is 1. The van der Waals surface area contributed by atoms with Gasteiger partial charge in [0.2, 0.25) is 0 Å². The van der Waals surface area contributed by atoms with Gasteiger partial charge in [0, 0.05) is 11.4 Å². The van der Waals surface area contributed by atoms with Crippen molar-refractivity contribution < 1.29 is 19.1 Å². The van der Waals surface area contributed by atoms with Crippen LogP contribution in [0.25, 0.3) is 0 Å². The highest BCUT2D eigenvalue weighted by molar-refractivity contribution is 7.99. The molecule has 0 aliphatic rings. The molecule has 0 aliphatic heterocycles. The molecular formula is C18H21NO4S2. The Kier molecular flexibility index (Phi) is 7.94. The average Bonchev–Trinajstić information content (AvgIpc) is 3.09. The van der Waals surface area contributed by atoms with E-state index >= 15 is 0 Å². The second-order valence-electron chi connectivity index (χ2n) is 5.15. The lowest BCUT2D eigenvalue weighted by Gasteiger charge is -2.09. The van der Waals surface area contributed by atoms with Gasteiger partial charge in [-0.1, -0.05) is 19.1 Å². The minimum Gasteiger partial charge on any atom is -0.478 e. The molecule has 0 atom stereocenters. The summed E-state index contributed by atoms with van der Waals surface area (Å²) in [6.07, 6.45) is 2.31. The summed E-state index contributed by atoms with van der Waals surface area (Å²) in [6.45, 7) is 2.76. The number of carbonyl (C=O) groups excluding carboxylic acids is 1. The first-order chi connectivity index (χ1) is 12.1. The first kappa shape index (κ1) is 19.5. The lowest BCUT2D eigenvalue weighted by atomic mass is 10.2. The number of carboxylic acid groups (broad SMARTS) is 1. The molecule has 0 saturated heterocycles. The summed E-state index contributed by atoms with van der Waals surface area (Å²) >= 11 is 3.25. The van der Waals surface area contributed by atoms with E-state index in [1.165, 1.54) is 24.1 Å². The number of nitrogens with one attached hydrogen (secondary N) is 1. The van der Waals surface area contributed by atoms with E-state index < -0.39 is 5.97 Å². The van der Waals surface area contributed by atoms with Crippen LogP contribution in [0.1, 0.15) is 39.8 Å². The van der Waals surface area contributed by atoms with E-state index in [1.54, 1.807) is 6.07 Å². The zero-order valence-electron chi connectivity index (χ0n) is 14.0. The molecular weight excluding hydrogens is 358 g/mol. The second-order valence-corrected chi connectivity index (χ2v) is 7.56. The van der Waals surface area contributed by atoms with Gasteiger partial charge in [-0.2, -0.15) is 11.8 Å². The molecule has 2 N–H and O–H groups in total. The second kappa shape index (κ2) is 10.2. The summed E-state index contributed by atoms with van der Waals surface area (Å²) in [5, 5.41) is 12.1. The molecule has 1 aromatic heterocycles. The van der Waals surface area contributed by atoms with E-state index in [1.807, 2.05) is 30.0 Å². The van der Waals surface area contributed by atoms with E-state index in [2.05, 4.69) is 12.2 Å². The minimum atomic E-state index is -1.01. The van der Waals surface area contributed by atoms with Crippen molar-refractivity contribution in [3.63, 3.8) is 0 Å². The molecule has 0 bridgehead atoms. The average molecular weight is 380 g/mol. The van der Waals surface area contributed by atoms with Gasteiger partial charge in [0.05, 0.1) is 17.6 Å². The first-order valence-corrected chi connectivity index (χ1v) is 10.1. The van der Waals surface area contributed by atoms with Gasteiger partial charge in [-0.15, -0.1) is 11.8 Å². The van der Waals surface area contributed by atoms with Crippen LogP contribution in [-0.2, 0) is 5.75 Å². The third-order valence-corrected chi connectivity index (χ3v) is 5.48. The quantitative estimate of drug-likeness (QED) is 0.477. The Morgan fingerprint density at radius 2 is 2.00 bits per heavy atom. The smallest absolute Gasteiger partial charge is 0.339 e. The number of carbonyl (C=O) groups is 2. The number of hydrogen-bond donors (Lipinski definition) is 2. The number of rotatable bonds is 10. The molecule has 134 valence electrons. The van der Waals surface area contributed by atoms with Crippen LogP contribution in [0.4, 0.5) is 0 Å². The highest BCUT2D eigenvalue weighted by atomic mass is 32.2. The Bertz CT molecular complexity index is 715. The molecule has 1 heterocycles. The molecule has 2 aromatic rings. The van der Waals surface area contributed by atoms with Crippen molar-refractivity contribution in [1.82, 2.24) is 5.32 Å². The number of benzene rings is 1. The summed E-state index contributed by atoms with van der Waals surface area (Å²) in [4.78, 5) is 24.3. The highest BCUT2D eigenvalue weighted by Gasteiger charge is 2.16. The normalized spacial score (nSPS) is 10.6. The van der Waals surface area contributed by atoms with Crippen LogP contribution in [-0.4, -0.2) is 35.0 Å². The molecule has 1 amide bonds. The van der Waals surface area contributed by atoms with Gasteiger partial charge >= 0.3 is 5.97 Å². The zero-order valence-corrected chi connectivity index (χ0v) is 15.6. The van der Waals surface area contributed by atoms with Crippen LogP contribution in [0.5, 0.6) is 0 Å². The molecule has 2 rings (SSSR count). The summed E-state index contributed by atoms with van der Waals surface area (Å²) < 4.78 is 5.25. The van der Waals surface area contributed by atoms with E-state index in [4.69, 9.17) is 9.52 Å². The van der Waals surface area contributed by atoms with Gasteiger partial charge in [0.25, 0.3) is 5.91 Å². The minimum absolute atomic E-state index is 0.109. The maximum atomic E-state index is 12.4. The summed E-state index contributed by atoms with van der Waals surface area (Å²) in [7, 11) is 0. The SMILES string of the molecule is CCSCCCNC(=O)c1ccccc1SCc1occc1C(=O)O. The number of thioether (sulfide) groups is 2. The predicted octanol–water partition coefficient (Wildman–Crippen LogP) is 4.14. The topological polar surface area (TPSA) is 79.5 Å². The standard InChI is InChI=1S/C18H21NO4S2/c1-2-24-11-5-9-19-17(20)14-6-3-4-7-16(14)25-12-15-13(18(21)22)8-10-23-15/h3-4,6-8,10H,2,5,9,11-12H2,1H3,(H,19,20)(H,21,22). The Balaban J connectivity index is 1.96. The highest BCUT2D eigenvalue weighted by Crippen LogP contribution is 2.28. The van der Waals surface area contributed by atoms with Gasteiger partial charge in [0.15, 0.2) is 0 Å². The van der Waals surface area contributed by atoms with Crippen LogP contribution < -0.4 is 5.32 Å². The number of furan rings is 1. The number of hydrogen-bond acceptors (Lipinski definition) is 5. The van der Waals surface area contributed by atoms with E-state index in [9.17, 15) is 9.59 Å². The van der Waals surface area contributed by atoms with Crippen molar-refractivity contribution in [3.8, 4) is 0 Å². The van der Waals surface area contributed by atoms with Gasteiger partial charge in [-0.05, 0) is 36.1 Å². The monoisotopic (exact) mass is 379 g/mol. The van der Waals surface area contributed by atoms with Crippen LogP contribution in [0.3, 0.4) is 0 Å². The van der Waals surface area contributed by atoms with Crippen molar-refractivity contribution in [2.24, 2.45) is 0 Å². The van der Waals surface area contributed by atoms with Crippen molar-refractivity contribution in [3.05, 3.63) is 53.5 Å². The first-order valence-electron chi connectivity index (χ1n) is 8.01. The van der Waals surface area contributed by atoms with Crippen molar-refractivity contribution in [1.29, 1.82) is 0 Å². The fourth-order valence-electron chi connectivity index (χ4n) is 2.18. The fraction of sp³-hybridized carbons (Fsp3) is 0.333. The maximum Gasteiger partial charge on any atom is 0.339 e. The van der Waals surface area contributed by atoms with Crippen molar-refractivity contribution >= 4 is 35.4 Å². The van der Waals surface area contributed by atoms with Crippen LogP contribution in [0.2, 0.25) is 0 Å². The Labute approximate surface area is 155 Å². The van der Waals surface area contributed by atoms with Crippen molar-refractivity contribution in [2.75, 3.05) is 18.1 Å². The van der Waals surface area contributed by atoms with Crippen molar-refractivity contribution in [2.45, 2.75) is 24.0 Å². The largest absolute Gasteiger partial charge is 0.478 e. The molecule has 1 aromatic carbocycles. The van der Waals surface area contributed by atoms with E-state index in [-0.39, 0.29) is 11.5 Å². The molecule has 0 aliphatic carbocycles. The van der Waals surface area contributed by atoms with Crippen LogP contribution in [0, 0.1) is 0 Å². The van der Waals surface area contributed by atoms with E-state index in [0.29, 0.717) is 23.6 Å². The van der Waals surface area contributed by atoms with Crippen LogP contribution >= 0.6 is 23.5 Å². The summed E-state index contributed by atoms with van der Waals surface area (Å²) in [5.41, 5.74) is 0.752. The molecule has 25 heavy (non-hydrogen) atoms. The van der Waals surface area contributed by atoms with Gasteiger partial charge in [0.1, 0.15) is 11.3 Å². The van der Waals surface area contributed by atoms with Gasteiger partial charge in [-0.3, -0.25) is 4.79 Å². The van der Waals surface area contributed by atoms with Crippen LogP contribution in [0.15, 0.2) is 45.9 Å². The predicted molar refractivity (Wildman–Crippen MR) is 102 cm³/mol. The van der Waals surface area contributed by atoms with Gasteiger partial charge in [-0.25, -0.2) is 4.79 Å².